The fourth-order valence-corrected chi connectivity index (χ4v) is 4.09. The fourth-order valence-electron chi connectivity index (χ4n) is 4.09. The van der Waals surface area contributed by atoms with Crippen LogP contribution in [0.3, 0.4) is 0 Å². The summed E-state index contributed by atoms with van der Waals surface area (Å²) in [6, 6.07) is 25.6. The van der Waals surface area contributed by atoms with Crippen molar-refractivity contribution in [2.45, 2.75) is 13.8 Å². The van der Waals surface area contributed by atoms with Crippen molar-refractivity contribution in [1.29, 1.82) is 5.26 Å². The van der Waals surface area contributed by atoms with E-state index in [4.69, 9.17) is 13.9 Å². The summed E-state index contributed by atoms with van der Waals surface area (Å²) in [5.41, 5.74) is 4.81. The molecule has 0 saturated heterocycles. The van der Waals surface area contributed by atoms with Crippen LogP contribution in [0.5, 0.6) is 11.5 Å². The van der Waals surface area contributed by atoms with Crippen LogP contribution in [0.25, 0.3) is 22.5 Å². The van der Waals surface area contributed by atoms with Gasteiger partial charge in [0, 0.05) is 36.1 Å². The summed E-state index contributed by atoms with van der Waals surface area (Å²) >= 11 is 0. The Labute approximate surface area is 212 Å². The molecular formula is C30H29N3O3. The molecule has 4 rings (SSSR count). The van der Waals surface area contributed by atoms with Gasteiger partial charge < -0.3 is 18.8 Å². The SMILES string of the molecule is CCN(CC)c1ccc(/C=N/c2oc(-c3ccc(OC)cc3)c(-c3ccc(OC)cc3)c2C#N)cc1. The molecule has 6 heteroatoms. The molecule has 0 atom stereocenters. The van der Waals surface area contributed by atoms with Crippen LogP contribution < -0.4 is 14.4 Å². The number of hydrogen-bond acceptors (Lipinski definition) is 6. The maximum absolute atomic E-state index is 10.1. The Morgan fingerprint density at radius 3 is 1.89 bits per heavy atom. The molecular weight excluding hydrogens is 450 g/mol. The monoisotopic (exact) mass is 479 g/mol. The summed E-state index contributed by atoms with van der Waals surface area (Å²) in [7, 11) is 3.25. The number of methoxy groups -OCH3 is 2. The molecule has 0 N–H and O–H groups in total. The minimum absolute atomic E-state index is 0.266. The first-order valence-electron chi connectivity index (χ1n) is 11.9. The van der Waals surface area contributed by atoms with Gasteiger partial charge >= 0.3 is 0 Å². The predicted octanol–water partition coefficient (Wildman–Crippen LogP) is 7.10. The van der Waals surface area contributed by atoms with E-state index in [-0.39, 0.29) is 5.88 Å². The van der Waals surface area contributed by atoms with E-state index in [9.17, 15) is 5.26 Å². The van der Waals surface area contributed by atoms with E-state index >= 15 is 0 Å². The summed E-state index contributed by atoms with van der Waals surface area (Å²) in [6.45, 7) is 6.17. The lowest BCUT2D eigenvalue weighted by atomic mass is 9.98. The number of nitrogens with zero attached hydrogens (tertiary/aromatic N) is 3. The molecule has 0 unspecified atom stereocenters. The van der Waals surface area contributed by atoms with Gasteiger partial charge in [0.2, 0.25) is 5.88 Å². The van der Waals surface area contributed by atoms with Gasteiger partial charge in [0.25, 0.3) is 0 Å². The third-order valence-corrected chi connectivity index (χ3v) is 6.08. The molecule has 0 aliphatic carbocycles. The first-order chi connectivity index (χ1) is 17.6. The van der Waals surface area contributed by atoms with Crippen LogP contribution in [-0.2, 0) is 0 Å². The number of benzene rings is 3. The average Bonchev–Trinajstić information content (AvgIpc) is 3.31. The summed E-state index contributed by atoms with van der Waals surface area (Å²) in [4.78, 5) is 6.87. The van der Waals surface area contributed by atoms with Crippen molar-refractivity contribution in [3.63, 3.8) is 0 Å². The molecule has 4 aromatic rings. The first kappa shape index (κ1) is 24.6. The van der Waals surface area contributed by atoms with Gasteiger partial charge in [-0.2, -0.15) is 5.26 Å². The quantitative estimate of drug-likeness (QED) is 0.239. The minimum Gasteiger partial charge on any atom is -0.497 e. The Morgan fingerprint density at radius 1 is 0.833 bits per heavy atom. The van der Waals surface area contributed by atoms with E-state index < -0.39 is 0 Å². The Bertz CT molecular complexity index is 1360. The number of furan rings is 1. The van der Waals surface area contributed by atoms with Crippen molar-refractivity contribution in [3.8, 4) is 40.0 Å². The van der Waals surface area contributed by atoms with Crippen molar-refractivity contribution in [2.75, 3.05) is 32.2 Å². The molecule has 0 saturated carbocycles. The average molecular weight is 480 g/mol. The lowest BCUT2D eigenvalue weighted by Crippen LogP contribution is -2.21. The van der Waals surface area contributed by atoms with Gasteiger partial charge in [-0.15, -0.1) is 0 Å². The standard InChI is InChI=1S/C30H29N3O3/c1-5-33(6-2)24-13-7-21(8-14-24)20-32-30-27(19-31)28(22-9-15-25(34-3)16-10-22)29(36-30)23-11-17-26(35-4)18-12-23/h7-18,20H,5-6H2,1-4H3/b32-20+. The summed E-state index contributed by atoms with van der Waals surface area (Å²) in [5, 5.41) is 10.1. The number of ether oxygens (including phenoxy) is 2. The van der Waals surface area contributed by atoms with E-state index in [0.29, 0.717) is 16.9 Å². The van der Waals surface area contributed by atoms with Crippen LogP contribution in [0.1, 0.15) is 25.0 Å². The van der Waals surface area contributed by atoms with Crippen LogP contribution in [0.4, 0.5) is 11.6 Å². The third kappa shape index (κ3) is 5.11. The highest BCUT2D eigenvalue weighted by Crippen LogP contribution is 2.43. The number of rotatable bonds is 9. The highest BCUT2D eigenvalue weighted by molar-refractivity contribution is 5.90. The van der Waals surface area contributed by atoms with Gasteiger partial charge in [-0.1, -0.05) is 24.3 Å². The van der Waals surface area contributed by atoms with Crippen LogP contribution in [0, 0.1) is 11.3 Å². The zero-order valence-corrected chi connectivity index (χ0v) is 21.0. The van der Waals surface area contributed by atoms with Crippen molar-refractivity contribution in [2.24, 2.45) is 4.99 Å². The molecule has 0 aliphatic rings. The largest absolute Gasteiger partial charge is 0.497 e. The first-order valence-corrected chi connectivity index (χ1v) is 11.9. The van der Waals surface area contributed by atoms with Gasteiger partial charge in [-0.25, -0.2) is 4.99 Å². The maximum Gasteiger partial charge on any atom is 0.238 e. The van der Waals surface area contributed by atoms with Crippen LogP contribution in [0.15, 0.2) is 82.2 Å². The second kappa shape index (κ2) is 11.3. The maximum atomic E-state index is 10.1. The van der Waals surface area contributed by atoms with Crippen LogP contribution in [0.2, 0.25) is 0 Å². The lowest BCUT2D eigenvalue weighted by molar-refractivity contribution is 0.414. The zero-order chi connectivity index (χ0) is 25.5. The van der Waals surface area contributed by atoms with Crippen LogP contribution in [-0.4, -0.2) is 33.5 Å². The molecule has 0 radical (unpaired) electrons. The Balaban J connectivity index is 1.77. The predicted molar refractivity (Wildman–Crippen MR) is 145 cm³/mol. The normalized spacial score (nSPS) is 10.9. The minimum atomic E-state index is 0.266. The van der Waals surface area contributed by atoms with Gasteiger partial charge in [-0.3, -0.25) is 0 Å². The van der Waals surface area contributed by atoms with E-state index in [1.807, 2.05) is 60.7 Å². The van der Waals surface area contributed by atoms with E-state index in [1.54, 1.807) is 20.4 Å². The van der Waals surface area contributed by atoms with Crippen molar-refractivity contribution >= 4 is 17.8 Å². The zero-order valence-electron chi connectivity index (χ0n) is 21.0. The van der Waals surface area contributed by atoms with E-state index in [0.717, 1.165) is 47.0 Å². The molecule has 0 aliphatic heterocycles. The summed E-state index contributed by atoms with van der Waals surface area (Å²) in [6.07, 6.45) is 1.72. The Hall–Kier alpha value is -4.50. The highest BCUT2D eigenvalue weighted by atomic mass is 16.5. The van der Waals surface area contributed by atoms with E-state index in [1.165, 1.54) is 0 Å². The third-order valence-electron chi connectivity index (χ3n) is 6.08. The van der Waals surface area contributed by atoms with Crippen LogP contribution >= 0.6 is 0 Å². The van der Waals surface area contributed by atoms with Gasteiger partial charge in [0.1, 0.15) is 28.9 Å². The molecule has 0 bridgehead atoms. The molecule has 1 heterocycles. The number of aliphatic imine (C=N–C) groups is 1. The van der Waals surface area contributed by atoms with Crippen molar-refractivity contribution in [3.05, 3.63) is 83.9 Å². The molecule has 0 spiro atoms. The number of nitriles is 1. The van der Waals surface area contributed by atoms with Gasteiger partial charge in [-0.05, 0) is 73.5 Å². The van der Waals surface area contributed by atoms with Gasteiger partial charge in [0.05, 0.1) is 14.2 Å². The molecule has 0 amide bonds. The van der Waals surface area contributed by atoms with Crippen molar-refractivity contribution < 1.29 is 13.9 Å². The lowest BCUT2D eigenvalue weighted by Gasteiger charge is -2.20. The molecule has 36 heavy (non-hydrogen) atoms. The molecule has 3 aromatic carbocycles. The van der Waals surface area contributed by atoms with Gasteiger partial charge in [0.15, 0.2) is 0 Å². The second-order valence-corrected chi connectivity index (χ2v) is 8.08. The molecule has 0 fully saturated rings. The molecule has 1 aromatic heterocycles. The topological polar surface area (TPSA) is 71.0 Å². The molecule has 182 valence electrons. The second-order valence-electron chi connectivity index (χ2n) is 8.08. The van der Waals surface area contributed by atoms with Crippen molar-refractivity contribution in [1.82, 2.24) is 0 Å². The Kier molecular flexibility index (Phi) is 7.72. The highest BCUT2D eigenvalue weighted by Gasteiger charge is 2.23. The van der Waals surface area contributed by atoms with E-state index in [2.05, 4.69) is 41.9 Å². The molecule has 6 nitrogen and oxygen atoms in total. The summed E-state index contributed by atoms with van der Waals surface area (Å²) in [5.74, 6) is 2.31. The number of anilines is 1. The summed E-state index contributed by atoms with van der Waals surface area (Å²) < 4.78 is 16.8. The Morgan fingerprint density at radius 2 is 1.39 bits per heavy atom. The fraction of sp³-hybridized carbons (Fsp3) is 0.200. The number of hydrogen-bond donors (Lipinski definition) is 0. The smallest absolute Gasteiger partial charge is 0.238 e.